The van der Waals surface area contributed by atoms with E-state index in [1.54, 1.807) is 6.92 Å². The maximum Gasteiger partial charge on any atom is 0.363 e. The Hall–Kier alpha value is 1.02. The molecule has 13 heavy (non-hydrogen) atoms. The second kappa shape index (κ2) is 7.33. The van der Waals surface area contributed by atoms with E-state index in [1.165, 1.54) is 4.67 Å². The van der Waals surface area contributed by atoms with Gasteiger partial charge in [0.2, 0.25) is 0 Å². The smallest absolute Gasteiger partial charge is 0.306 e. The lowest BCUT2D eigenvalue weighted by Crippen LogP contribution is -2.24. The monoisotopic (exact) mass is 267 g/mol. The van der Waals surface area contributed by atoms with Gasteiger partial charge in [0.05, 0.1) is 6.61 Å². The number of hydrogen-bond donors (Lipinski definition) is 0. The van der Waals surface area contributed by atoms with Crippen LogP contribution in [0.4, 0.5) is 0 Å². The molecule has 0 aliphatic carbocycles. The fourth-order valence-corrected chi connectivity index (χ4v) is 3.34. The van der Waals surface area contributed by atoms with E-state index >= 15 is 0 Å². The van der Waals surface area contributed by atoms with Crippen molar-refractivity contribution in [1.82, 2.24) is 4.67 Å². The van der Waals surface area contributed by atoms with Crippen LogP contribution in [0.1, 0.15) is 6.92 Å². The van der Waals surface area contributed by atoms with Crippen molar-refractivity contribution in [1.29, 1.82) is 0 Å². The number of alkyl halides is 2. The minimum Gasteiger partial charge on any atom is -0.306 e. The van der Waals surface area contributed by atoms with Crippen molar-refractivity contribution in [3.05, 3.63) is 0 Å². The molecular formula is C6H13Cl3NO2P. The highest BCUT2D eigenvalue weighted by atomic mass is 35.7. The summed E-state index contributed by atoms with van der Waals surface area (Å²) in [6.45, 7) is -0.337. The highest BCUT2D eigenvalue weighted by Gasteiger charge is 2.27. The third-order valence-electron chi connectivity index (χ3n) is 1.31. The first-order chi connectivity index (χ1) is 6.08. The van der Waals surface area contributed by atoms with E-state index in [2.05, 4.69) is 0 Å². The molecule has 80 valence electrons. The molecule has 0 bridgehead atoms. The van der Waals surface area contributed by atoms with Gasteiger partial charge in [-0.2, -0.15) is 0 Å². The van der Waals surface area contributed by atoms with Gasteiger partial charge in [-0.1, -0.05) is 0 Å². The molecule has 0 aliphatic rings. The van der Waals surface area contributed by atoms with Gasteiger partial charge < -0.3 is 4.52 Å². The van der Waals surface area contributed by atoms with Crippen LogP contribution in [0.2, 0.25) is 0 Å². The summed E-state index contributed by atoms with van der Waals surface area (Å²) < 4.78 is 18.0. The Bertz CT molecular complexity index is 175. The summed E-state index contributed by atoms with van der Waals surface area (Å²) in [4.78, 5) is 0. The van der Waals surface area contributed by atoms with E-state index in [1.807, 2.05) is 0 Å². The number of nitrogens with zero attached hydrogens (tertiary/aromatic N) is 1. The van der Waals surface area contributed by atoms with Gasteiger partial charge in [-0.15, -0.1) is 23.2 Å². The molecule has 0 N–H and O–H groups in total. The minimum atomic E-state index is -3.20. The van der Waals surface area contributed by atoms with Crippen LogP contribution in [0, 0.1) is 0 Å². The highest BCUT2D eigenvalue weighted by molar-refractivity contribution is 7.83. The quantitative estimate of drug-likeness (QED) is 0.525. The summed E-state index contributed by atoms with van der Waals surface area (Å²) in [7, 11) is 0. The van der Waals surface area contributed by atoms with Crippen LogP contribution in [0.25, 0.3) is 0 Å². The maximum atomic E-state index is 11.6. The number of hydrogen-bond acceptors (Lipinski definition) is 2. The van der Waals surface area contributed by atoms with Crippen LogP contribution in [0.3, 0.4) is 0 Å². The first-order valence-electron chi connectivity index (χ1n) is 3.90. The SMILES string of the molecule is CCOP(=O)(Cl)N(CCCl)CCCl. The Labute approximate surface area is 93.6 Å². The Kier molecular flexibility index (Phi) is 7.90. The van der Waals surface area contributed by atoms with Crippen LogP contribution in [0.15, 0.2) is 0 Å². The van der Waals surface area contributed by atoms with Crippen LogP contribution < -0.4 is 0 Å². The first-order valence-corrected chi connectivity index (χ1v) is 7.45. The summed E-state index contributed by atoms with van der Waals surface area (Å²) in [6, 6.07) is 0. The summed E-state index contributed by atoms with van der Waals surface area (Å²) in [5.41, 5.74) is 0. The fourth-order valence-electron chi connectivity index (χ4n) is 0.787. The lowest BCUT2D eigenvalue weighted by atomic mass is 10.7. The molecule has 0 aromatic rings. The highest BCUT2D eigenvalue weighted by Crippen LogP contribution is 2.55. The third kappa shape index (κ3) is 5.46. The van der Waals surface area contributed by atoms with Gasteiger partial charge in [0.1, 0.15) is 0 Å². The molecule has 1 atom stereocenters. The molecule has 0 spiro atoms. The van der Waals surface area contributed by atoms with Crippen LogP contribution >= 0.6 is 41.3 Å². The minimum absolute atomic E-state index is 0.307. The molecule has 1 unspecified atom stereocenters. The van der Waals surface area contributed by atoms with Crippen molar-refractivity contribution in [2.45, 2.75) is 6.92 Å². The van der Waals surface area contributed by atoms with Crippen LogP contribution in [-0.4, -0.2) is 36.1 Å². The molecular weight excluding hydrogens is 255 g/mol. The zero-order chi connectivity index (χ0) is 10.3. The standard InChI is InChI=1S/C6H13Cl3NO2P/c1-2-12-13(9,11)10(5-3-7)6-4-8/h2-6H2,1H3. The van der Waals surface area contributed by atoms with E-state index in [0.717, 1.165) is 0 Å². The van der Waals surface area contributed by atoms with Crippen LogP contribution in [-0.2, 0) is 9.09 Å². The predicted molar refractivity (Wildman–Crippen MR) is 58.1 cm³/mol. The average Bonchev–Trinajstić information content (AvgIpc) is 2.04. The van der Waals surface area contributed by atoms with E-state index < -0.39 is 6.87 Å². The molecule has 0 aromatic heterocycles. The predicted octanol–water partition coefficient (Wildman–Crippen LogP) is 3.15. The summed E-state index contributed by atoms with van der Waals surface area (Å²) in [5.74, 6) is 0.696. The Morgan fingerprint density at radius 1 is 1.31 bits per heavy atom. The third-order valence-corrected chi connectivity index (χ3v) is 4.24. The molecule has 0 radical (unpaired) electrons. The van der Waals surface area contributed by atoms with Crippen molar-refractivity contribution in [2.24, 2.45) is 0 Å². The van der Waals surface area contributed by atoms with Crippen molar-refractivity contribution in [3.63, 3.8) is 0 Å². The van der Waals surface area contributed by atoms with Crippen LogP contribution in [0.5, 0.6) is 0 Å². The first kappa shape index (κ1) is 14.0. The molecule has 0 amide bonds. The van der Waals surface area contributed by atoms with Gasteiger partial charge in [-0.3, -0.25) is 4.57 Å². The Morgan fingerprint density at radius 3 is 2.08 bits per heavy atom. The fraction of sp³-hybridized carbons (Fsp3) is 1.00. The van der Waals surface area contributed by atoms with Gasteiger partial charge >= 0.3 is 6.87 Å². The van der Waals surface area contributed by atoms with Crippen molar-refractivity contribution in [2.75, 3.05) is 31.5 Å². The molecule has 0 aromatic carbocycles. The average molecular weight is 269 g/mol. The normalized spacial score (nSPS) is 16.1. The molecule has 0 saturated carbocycles. The lowest BCUT2D eigenvalue weighted by molar-refractivity contribution is 0.293. The zero-order valence-electron chi connectivity index (χ0n) is 7.38. The van der Waals surface area contributed by atoms with Crippen molar-refractivity contribution in [3.8, 4) is 0 Å². The van der Waals surface area contributed by atoms with Crippen molar-refractivity contribution < 1.29 is 9.09 Å². The Balaban J connectivity index is 4.23. The molecule has 3 nitrogen and oxygen atoms in total. The molecule has 0 saturated heterocycles. The van der Waals surface area contributed by atoms with Gasteiger partial charge in [0, 0.05) is 24.8 Å². The molecule has 0 fully saturated rings. The Morgan fingerprint density at radius 2 is 1.77 bits per heavy atom. The van der Waals surface area contributed by atoms with E-state index in [-0.39, 0.29) is 0 Å². The summed E-state index contributed by atoms with van der Waals surface area (Å²) in [5, 5.41) is 0. The lowest BCUT2D eigenvalue weighted by Gasteiger charge is -2.24. The van der Waals surface area contributed by atoms with Gasteiger partial charge in [0.25, 0.3) is 0 Å². The molecule has 0 heterocycles. The van der Waals surface area contributed by atoms with Crippen molar-refractivity contribution >= 4 is 41.3 Å². The van der Waals surface area contributed by atoms with Gasteiger partial charge in [0.15, 0.2) is 0 Å². The van der Waals surface area contributed by atoms with E-state index in [9.17, 15) is 4.57 Å². The molecule has 0 rings (SSSR count). The second-order valence-electron chi connectivity index (χ2n) is 2.20. The maximum absolute atomic E-state index is 11.6. The summed E-state index contributed by atoms with van der Waals surface area (Å²) in [6.07, 6.45) is 0. The zero-order valence-corrected chi connectivity index (χ0v) is 10.5. The topological polar surface area (TPSA) is 29.5 Å². The van der Waals surface area contributed by atoms with E-state index in [4.69, 9.17) is 39.0 Å². The second-order valence-corrected chi connectivity index (χ2v) is 5.97. The number of rotatable bonds is 7. The van der Waals surface area contributed by atoms with Gasteiger partial charge in [-0.05, 0) is 18.2 Å². The van der Waals surface area contributed by atoms with Gasteiger partial charge in [-0.25, -0.2) is 4.67 Å². The number of halogens is 3. The van der Waals surface area contributed by atoms with E-state index in [0.29, 0.717) is 31.5 Å². The summed E-state index contributed by atoms with van der Waals surface area (Å²) >= 11 is 16.7. The largest absolute Gasteiger partial charge is 0.363 e. The molecule has 0 aliphatic heterocycles. The molecule has 7 heteroatoms.